The van der Waals surface area contributed by atoms with Crippen molar-refractivity contribution in [2.24, 2.45) is 0 Å². The molecule has 8 aromatic carbocycles. The SMILES string of the molecule is Cc1cccc(C)c1-c1cc2c3c(c1)N(c1ccc(C(C)(C)C)cc1-c1ccccc1)c1cc4sc5cc(C(C)(C)C)ccc5c4cc1B3c1cc3c(cc1N2c1ccc2c(c1)C(C)(C)CCC2(C)C)C(C)(C)CCC3(C)C. The van der Waals surface area contributed by atoms with Crippen LogP contribution >= 0.6 is 11.3 Å². The first-order valence-corrected chi connectivity index (χ1v) is 29.9. The van der Waals surface area contributed by atoms with Crippen molar-refractivity contribution in [3.05, 3.63) is 184 Å². The van der Waals surface area contributed by atoms with E-state index in [1.807, 2.05) is 11.3 Å². The van der Waals surface area contributed by atoms with Crippen molar-refractivity contribution >= 4 is 88.7 Å². The van der Waals surface area contributed by atoms with Crippen molar-refractivity contribution in [3.8, 4) is 22.3 Å². The number of nitrogens with zero attached hydrogens (tertiary/aromatic N) is 2. The van der Waals surface area contributed by atoms with Gasteiger partial charge in [-0.25, -0.2) is 0 Å². The lowest BCUT2D eigenvalue weighted by Gasteiger charge is -2.48. The molecule has 0 atom stereocenters. The smallest absolute Gasteiger partial charge is 0.252 e. The van der Waals surface area contributed by atoms with Gasteiger partial charge in [0.1, 0.15) is 0 Å². The van der Waals surface area contributed by atoms with Gasteiger partial charge in [0.15, 0.2) is 0 Å². The molecule has 0 bridgehead atoms. The zero-order chi connectivity index (χ0) is 55.0. The van der Waals surface area contributed by atoms with E-state index in [0.717, 1.165) is 19.3 Å². The summed E-state index contributed by atoms with van der Waals surface area (Å²) >= 11 is 1.96. The molecule has 0 saturated heterocycles. The first-order chi connectivity index (χ1) is 36.7. The Kier molecular flexibility index (Phi) is 11.2. The van der Waals surface area contributed by atoms with Gasteiger partial charge < -0.3 is 9.80 Å². The number of benzene rings is 8. The second kappa shape index (κ2) is 17.1. The third-order valence-electron chi connectivity index (χ3n) is 19.6. The van der Waals surface area contributed by atoms with Crippen LogP contribution in [0, 0.1) is 13.8 Å². The number of rotatable bonds is 4. The largest absolute Gasteiger partial charge is 0.311 e. The Morgan fingerprint density at radius 2 is 0.962 bits per heavy atom. The van der Waals surface area contributed by atoms with Crippen LogP contribution in [0.5, 0.6) is 0 Å². The van der Waals surface area contributed by atoms with Gasteiger partial charge >= 0.3 is 0 Å². The molecule has 13 rings (SSSR count). The van der Waals surface area contributed by atoms with Crippen LogP contribution in [-0.2, 0) is 32.5 Å². The molecule has 1 aromatic heterocycles. The summed E-state index contributed by atoms with van der Waals surface area (Å²) in [6.07, 6.45) is 4.66. The summed E-state index contributed by atoms with van der Waals surface area (Å²) in [5.74, 6) is 0. The van der Waals surface area contributed by atoms with Crippen LogP contribution in [-0.4, -0.2) is 6.71 Å². The fourth-order valence-corrected chi connectivity index (χ4v) is 15.7. The predicted molar refractivity (Wildman–Crippen MR) is 342 cm³/mol. The maximum atomic E-state index is 2.74. The standard InChI is InChI=1S/C74H79BN2S/c1-44-21-20-22-45(2)67(44)47-35-63-68-64(36-47)77(60-30-26-48(69(3,4)5)37-52(60)46-23-18-17-19-24-46)62-43-66-53(51-28-25-49(70(6,7)8)38-65(51)78-66)40-58(62)75(68)59-41-56-57(74(15,16)34-33-73(56,13)14)42-61(59)76(63)50-27-29-54-55(39-50)72(11,12)32-31-71(54,9)10/h17-30,35-43H,31-34H2,1-16H3. The monoisotopic (exact) mass is 1040 g/mol. The van der Waals surface area contributed by atoms with Gasteiger partial charge in [-0.05, 0) is 210 Å². The second-order valence-corrected chi connectivity index (χ2v) is 29.9. The number of hydrogen-bond acceptors (Lipinski definition) is 3. The van der Waals surface area contributed by atoms with Crippen LogP contribution < -0.4 is 26.2 Å². The zero-order valence-electron chi connectivity index (χ0n) is 49.5. The number of aryl methyl sites for hydroxylation is 2. The number of hydrogen-bond donors (Lipinski definition) is 0. The van der Waals surface area contributed by atoms with Crippen molar-refractivity contribution < 1.29 is 0 Å². The van der Waals surface area contributed by atoms with E-state index in [4.69, 9.17) is 0 Å². The van der Waals surface area contributed by atoms with E-state index in [0.29, 0.717) is 0 Å². The van der Waals surface area contributed by atoms with Gasteiger partial charge in [0, 0.05) is 48.8 Å². The van der Waals surface area contributed by atoms with E-state index in [-0.39, 0.29) is 39.2 Å². The molecule has 3 heterocycles. The molecule has 2 aliphatic carbocycles. The van der Waals surface area contributed by atoms with Crippen molar-refractivity contribution in [1.29, 1.82) is 0 Å². The Morgan fingerprint density at radius 3 is 1.60 bits per heavy atom. The van der Waals surface area contributed by atoms with E-state index in [1.54, 1.807) is 0 Å². The van der Waals surface area contributed by atoms with E-state index >= 15 is 0 Å². The molecule has 78 heavy (non-hydrogen) atoms. The van der Waals surface area contributed by atoms with Gasteiger partial charge in [0.2, 0.25) is 0 Å². The molecule has 2 nitrogen and oxygen atoms in total. The molecule has 0 amide bonds. The molecule has 0 N–H and O–H groups in total. The Morgan fingerprint density at radius 1 is 0.423 bits per heavy atom. The molecular formula is C74H79BN2S. The van der Waals surface area contributed by atoms with Gasteiger partial charge in [-0.1, -0.05) is 182 Å². The van der Waals surface area contributed by atoms with Crippen molar-refractivity contribution in [2.75, 3.05) is 9.80 Å². The van der Waals surface area contributed by atoms with Gasteiger partial charge in [0.05, 0.1) is 5.69 Å². The topological polar surface area (TPSA) is 6.48 Å². The average Bonchev–Trinajstić information content (AvgIpc) is 3.89. The quantitative estimate of drug-likeness (QED) is 0.162. The highest BCUT2D eigenvalue weighted by Gasteiger charge is 2.48. The Labute approximate surface area is 471 Å². The van der Waals surface area contributed by atoms with Crippen LogP contribution in [0.15, 0.2) is 140 Å². The zero-order valence-corrected chi connectivity index (χ0v) is 50.3. The van der Waals surface area contributed by atoms with Crippen LogP contribution in [0.1, 0.15) is 167 Å². The van der Waals surface area contributed by atoms with Gasteiger partial charge in [-0.3, -0.25) is 0 Å². The van der Waals surface area contributed by atoms with E-state index in [9.17, 15) is 0 Å². The Hall–Kier alpha value is -6.36. The number of anilines is 6. The van der Waals surface area contributed by atoms with Gasteiger partial charge in [0.25, 0.3) is 6.71 Å². The molecule has 0 radical (unpaired) electrons. The Balaban J connectivity index is 1.22. The van der Waals surface area contributed by atoms with Crippen LogP contribution in [0.3, 0.4) is 0 Å². The molecule has 0 saturated carbocycles. The average molecular weight is 1040 g/mol. The minimum absolute atomic E-state index is 0.0148. The maximum Gasteiger partial charge on any atom is 0.252 e. The summed E-state index contributed by atoms with van der Waals surface area (Å²) in [6.45, 7) is 38.5. The molecule has 4 aliphatic rings. The van der Waals surface area contributed by atoms with E-state index in [2.05, 4.69) is 260 Å². The van der Waals surface area contributed by atoms with Crippen molar-refractivity contribution in [1.82, 2.24) is 0 Å². The lowest BCUT2D eigenvalue weighted by atomic mass is 9.33. The lowest BCUT2D eigenvalue weighted by molar-refractivity contribution is 0.332. The minimum Gasteiger partial charge on any atom is -0.311 e. The highest BCUT2D eigenvalue weighted by molar-refractivity contribution is 7.26. The highest BCUT2D eigenvalue weighted by Crippen LogP contribution is 2.55. The third-order valence-corrected chi connectivity index (χ3v) is 20.7. The summed E-state index contributed by atoms with van der Waals surface area (Å²) in [5.41, 5.74) is 28.2. The molecule has 394 valence electrons. The molecule has 0 unspecified atom stereocenters. The lowest BCUT2D eigenvalue weighted by Crippen LogP contribution is -2.62. The van der Waals surface area contributed by atoms with Crippen LogP contribution in [0.25, 0.3) is 42.4 Å². The summed E-state index contributed by atoms with van der Waals surface area (Å²) < 4.78 is 2.68. The van der Waals surface area contributed by atoms with E-state index < -0.39 is 0 Å². The molecule has 0 fully saturated rings. The normalized spacial score (nSPS) is 17.6. The highest BCUT2D eigenvalue weighted by atomic mass is 32.1. The molecule has 0 spiro atoms. The summed E-state index contributed by atoms with van der Waals surface area (Å²) in [7, 11) is 0. The van der Waals surface area contributed by atoms with Crippen LogP contribution in [0.2, 0.25) is 0 Å². The summed E-state index contributed by atoms with van der Waals surface area (Å²) in [5, 5.41) is 2.69. The fraction of sp³-hybridized carbons (Fsp3) is 0.351. The molecule has 4 heteroatoms. The minimum atomic E-state index is -0.0477. The van der Waals surface area contributed by atoms with Crippen molar-refractivity contribution in [3.63, 3.8) is 0 Å². The Bertz CT molecular complexity index is 3960. The molecular weight excluding hydrogens is 960 g/mol. The molecule has 9 aromatic rings. The number of thiophene rings is 1. The third kappa shape index (κ3) is 7.84. The summed E-state index contributed by atoms with van der Waals surface area (Å²) in [6, 6.07) is 56.1. The van der Waals surface area contributed by atoms with Gasteiger partial charge in [-0.15, -0.1) is 11.3 Å². The fourth-order valence-electron chi connectivity index (χ4n) is 14.5. The predicted octanol–water partition coefficient (Wildman–Crippen LogP) is 19.4. The van der Waals surface area contributed by atoms with Crippen LogP contribution in [0.4, 0.5) is 34.1 Å². The summed E-state index contributed by atoms with van der Waals surface area (Å²) in [4.78, 5) is 5.46. The first kappa shape index (κ1) is 51.1. The molecule has 2 aliphatic heterocycles. The second-order valence-electron chi connectivity index (χ2n) is 28.8. The van der Waals surface area contributed by atoms with Crippen molar-refractivity contribution in [2.45, 2.75) is 169 Å². The van der Waals surface area contributed by atoms with Gasteiger partial charge in [-0.2, -0.15) is 0 Å². The first-order valence-electron chi connectivity index (χ1n) is 29.1. The maximum absolute atomic E-state index is 2.74. The number of fused-ring (bicyclic) bond motifs is 9. The van der Waals surface area contributed by atoms with E-state index in [1.165, 1.54) is 144 Å².